The molecule has 0 spiro atoms. The number of hydrogen-bond donors (Lipinski definition) is 2. The number of amides is 2. The first-order valence-corrected chi connectivity index (χ1v) is 5.76. The van der Waals surface area contributed by atoms with E-state index >= 15 is 0 Å². The molecule has 0 aliphatic heterocycles. The zero-order valence-corrected chi connectivity index (χ0v) is 10.5. The summed E-state index contributed by atoms with van der Waals surface area (Å²) in [7, 11) is 0. The summed E-state index contributed by atoms with van der Waals surface area (Å²) in [5.41, 5.74) is 4.96. The van der Waals surface area contributed by atoms with E-state index in [4.69, 9.17) is 5.73 Å². The van der Waals surface area contributed by atoms with Crippen molar-refractivity contribution in [1.82, 2.24) is 5.32 Å². The lowest BCUT2D eigenvalue weighted by molar-refractivity contribution is -0.120. The zero-order valence-electron chi connectivity index (χ0n) is 10.5. The number of nitrogens with two attached hydrogens (primary N) is 1. The summed E-state index contributed by atoms with van der Waals surface area (Å²) in [6.07, 6.45) is 0.218. The largest absolute Gasteiger partial charge is 0.368 e. The van der Waals surface area contributed by atoms with Gasteiger partial charge in [0.2, 0.25) is 5.91 Å². The summed E-state index contributed by atoms with van der Waals surface area (Å²) in [5.74, 6) is -2.29. The Kier molecular flexibility index (Phi) is 5.17. The van der Waals surface area contributed by atoms with E-state index < -0.39 is 23.7 Å². The molecule has 1 rings (SSSR count). The molecule has 0 saturated heterocycles. The highest BCUT2D eigenvalue weighted by atomic mass is 19.1. The first-order valence-electron chi connectivity index (χ1n) is 5.76. The molecule has 5 nitrogen and oxygen atoms in total. The van der Waals surface area contributed by atoms with E-state index in [-0.39, 0.29) is 24.2 Å². The number of rotatable bonds is 6. The molecule has 0 radical (unpaired) electrons. The topological polar surface area (TPSA) is 89.3 Å². The van der Waals surface area contributed by atoms with Crippen molar-refractivity contribution >= 4 is 17.6 Å². The van der Waals surface area contributed by atoms with Crippen molar-refractivity contribution in [3.63, 3.8) is 0 Å². The average molecular weight is 266 g/mol. The van der Waals surface area contributed by atoms with E-state index in [1.54, 1.807) is 0 Å². The van der Waals surface area contributed by atoms with Gasteiger partial charge in [-0.25, -0.2) is 4.39 Å². The highest BCUT2D eigenvalue weighted by molar-refractivity contribution is 5.97. The van der Waals surface area contributed by atoms with Gasteiger partial charge in [0.25, 0.3) is 5.91 Å². The number of nitrogens with one attached hydrogen (secondary N) is 1. The molecular formula is C13H15FN2O3. The lowest BCUT2D eigenvalue weighted by Crippen LogP contribution is -2.44. The van der Waals surface area contributed by atoms with Crippen molar-refractivity contribution in [1.29, 1.82) is 0 Å². The van der Waals surface area contributed by atoms with Crippen molar-refractivity contribution in [3.8, 4) is 0 Å². The van der Waals surface area contributed by atoms with Crippen molar-refractivity contribution in [3.05, 3.63) is 35.6 Å². The number of benzene rings is 1. The summed E-state index contributed by atoms with van der Waals surface area (Å²) < 4.78 is 13.4. The third-order valence-corrected chi connectivity index (χ3v) is 2.55. The van der Waals surface area contributed by atoms with E-state index in [0.717, 1.165) is 6.07 Å². The molecule has 6 heteroatoms. The Balaban J connectivity index is 2.74. The Morgan fingerprint density at radius 2 is 1.95 bits per heavy atom. The minimum absolute atomic E-state index is 0.102. The Labute approximate surface area is 110 Å². The van der Waals surface area contributed by atoms with Crippen molar-refractivity contribution in [2.24, 2.45) is 5.73 Å². The molecule has 0 aliphatic carbocycles. The van der Waals surface area contributed by atoms with Gasteiger partial charge < -0.3 is 15.8 Å². The van der Waals surface area contributed by atoms with Crippen LogP contribution in [0.2, 0.25) is 0 Å². The number of carbonyl (C=O) groups excluding carboxylic acids is 3. The summed E-state index contributed by atoms with van der Waals surface area (Å²) >= 11 is 0. The van der Waals surface area contributed by atoms with Gasteiger partial charge in [-0.3, -0.25) is 9.59 Å². The van der Waals surface area contributed by atoms with Crippen molar-refractivity contribution in [2.45, 2.75) is 25.8 Å². The molecule has 2 amide bonds. The maximum Gasteiger partial charge on any atom is 0.254 e. The lowest BCUT2D eigenvalue weighted by Gasteiger charge is -2.14. The van der Waals surface area contributed by atoms with Crippen LogP contribution in [-0.4, -0.2) is 23.6 Å². The third kappa shape index (κ3) is 4.50. The van der Waals surface area contributed by atoms with E-state index in [1.807, 2.05) is 0 Å². The predicted molar refractivity (Wildman–Crippen MR) is 66.8 cm³/mol. The second-order valence-corrected chi connectivity index (χ2v) is 4.15. The van der Waals surface area contributed by atoms with Crippen molar-refractivity contribution in [2.75, 3.05) is 0 Å². The Hall–Kier alpha value is -2.24. The molecule has 0 aromatic heterocycles. The van der Waals surface area contributed by atoms with Gasteiger partial charge >= 0.3 is 0 Å². The normalized spacial score (nSPS) is 11.7. The molecule has 3 N–H and O–H groups in total. The third-order valence-electron chi connectivity index (χ3n) is 2.55. The first-order chi connectivity index (χ1) is 8.91. The van der Waals surface area contributed by atoms with Crippen molar-refractivity contribution < 1.29 is 18.8 Å². The van der Waals surface area contributed by atoms with Gasteiger partial charge in [-0.15, -0.1) is 0 Å². The monoisotopic (exact) mass is 266 g/mol. The van der Waals surface area contributed by atoms with Crippen LogP contribution in [0, 0.1) is 5.82 Å². The molecule has 102 valence electrons. The van der Waals surface area contributed by atoms with E-state index in [1.165, 1.54) is 25.1 Å². The molecule has 0 heterocycles. The van der Waals surface area contributed by atoms with Crippen LogP contribution >= 0.6 is 0 Å². The number of halogens is 1. The Morgan fingerprint density at radius 3 is 2.47 bits per heavy atom. The van der Waals surface area contributed by atoms with Gasteiger partial charge in [0.05, 0.1) is 5.56 Å². The van der Waals surface area contributed by atoms with Crippen LogP contribution in [0.5, 0.6) is 0 Å². The molecule has 0 saturated carbocycles. The fourth-order valence-electron chi connectivity index (χ4n) is 1.51. The van der Waals surface area contributed by atoms with Gasteiger partial charge in [-0.05, 0) is 25.5 Å². The molecule has 19 heavy (non-hydrogen) atoms. The lowest BCUT2D eigenvalue weighted by atomic mass is 10.1. The summed E-state index contributed by atoms with van der Waals surface area (Å²) in [6, 6.07) is 4.41. The summed E-state index contributed by atoms with van der Waals surface area (Å²) in [5, 5.41) is 2.32. The maximum absolute atomic E-state index is 13.4. The summed E-state index contributed by atoms with van der Waals surface area (Å²) in [4.78, 5) is 33.8. The molecule has 1 aromatic carbocycles. The molecule has 0 unspecified atom stereocenters. The molecule has 0 bridgehead atoms. The van der Waals surface area contributed by atoms with Gasteiger partial charge in [0.1, 0.15) is 17.6 Å². The molecule has 1 atom stereocenters. The number of carbonyl (C=O) groups is 3. The quantitative estimate of drug-likeness (QED) is 0.797. The van der Waals surface area contributed by atoms with Gasteiger partial charge in [0, 0.05) is 6.42 Å². The summed E-state index contributed by atoms with van der Waals surface area (Å²) in [6.45, 7) is 1.37. The van der Waals surface area contributed by atoms with Crippen LogP contribution in [0.25, 0.3) is 0 Å². The second kappa shape index (κ2) is 6.63. The predicted octanol–water partition coefficient (Wildman–Crippen LogP) is 0.779. The zero-order chi connectivity index (χ0) is 14.4. The molecule has 0 fully saturated rings. The average Bonchev–Trinajstić information content (AvgIpc) is 2.34. The van der Waals surface area contributed by atoms with Crippen LogP contribution in [0.3, 0.4) is 0 Å². The van der Waals surface area contributed by atoms with E-state index in [9.17, 15) is 18.8 Å². The number of ketones is 1. The van der Waals surface area contributed by atoms with E-state index in [2.05, 4.69) is 5.32 Å². The Bertz CT molecular complexity index is 502. The number of hydrogen-bond acceptors (Lipinski definition) is 3. The fourth-order valence-corrected chi connectivity index (χ4v) is 1.51. The van der Waals surface area contributed by atoms with Crippen LogP contribution in [0.1, 0.15) is 30.1 Å². The van der Waals surface area contributed by atoms with Gasteiger partial charge in [-0.2, -0.15) is 0 Å². The molecular weight excluding hydrogens is 251 g/mol. The highest BCUT2D eigenvalue weighted by Gasteiger charge is 2.20. The van der Waals surface area contributed by atoms with Crippen LogP contribution in [0.4, 0.5) is 4.39 Å². The first kappa shape index (κ1) is 14.8. The fraction of sp³-hybridized carbons (Fsp3) is 0.308. The second-order valence-electron chi connectivity index (χ2n) is 4.15. The minimum atomic E-state index is -0.990. The standard InChI is InChI=1S/C13H15FN2O3/c1-8(17)6-7-11(12(15)18)16-13(19)9-4-2-3-5-10(9)14/h2-5,11H,6-7H2,1H3,(H2,15,18)(H,16,19)/t11-/m0/s1. The maximum atomic E-state index is 13.4. The van der Waals surface area contributed by atoms with E-state index in [0.29, 0.717) is 0 Å². The molecule has 1 aromatic rings. The Morgan fingerprint density at radius 1 is 1.32 bits per heavy atom. The van der Waals surface area contributed by atoms with Crippen LogP contribution < -0.4 is 11.1 Å². The number of Topliss-reactive ketones (excluding diaryl/α,β-unsaturated/α-hetero) is 1. The minimum Gasteiger partial charge on any atom is -0.368 e. The number of primary amides is 1. The van der Waals surface area contributed by atoms with Crippen LogP contribution in [0.15, 0.2) is 24.3 Å². The highest BCUT2D eigenvalue weighted by Crippen LogP contribution is 2.07. The molecule has 0 aliphatic rings. The SMILES string of the molecule is CC(=O)CC[C@H](NC(=O)c1ccccc1F)C(N)=O. The smallest absolute Gasteiger partial charge is 0.254 e. The van der Waals surface area contributed by atoms with Crippen LogP contribution in [-0.2, 0) is 9.59 Å². The van der Waals surface area contributed by atoms with Gasteiger partial charge in [-0.1, -0.05) is 12.1 Å². The van der Waals surface area contributed by atoms with Gasteiger partial charge in [0.15, 0.2) is 0 Å².